The van der Waals surface area contributed by atoms with Crippen LogP contribution in [0.4, 0.5) is 5.88 Å². The van der Waals surface area contributed by atoms with Gasteiger partial charge in [-0.05, 0) is 87.7 Å². The third-order valence-corrected chi connectivity index (χ3v) is 7.88. The molecule has 0 radical (unpaired) electrons. The molecule has 0 aliphatic rings. The van der Waals surface area contributed by atoms with Crippen LogP contribution >= 0.6 is 39.1 Å². The number of nitriles is 1. The van der Waals surface area contributed by atoms with Crippen molar-refractivity contribution >= 4 is 51.2 Å². The van der Waals surface area contributed by atoms with E-state index in [0.717, 1.165) is 16.7 Å². The largest absolute Gasteiger partial charge is 0.497 e. The first kappa shape index (κ1) is 31.0. The van der Waals surface area contributed by atoms with Crippen molar-refractivity contribution in [2.45, 2.75) is 6.61 Å². The van der Waals surface area contributed by atoms with Crippen molar-refractivity contribution in [2.75, 3.05) is 21.3 Å². The number of hydrogen-bond acceptors (Lipinski definition) is 7. The zero-order valence-corrected chi connectivity index (χ0v) is 27.0. The number of nitrogens with zero attached hydrogens (tertiary/aromatic N) is 2. The second-order valence-electron chi connectivity index (χ2n) is 9.37. The lowest BCUT2D eigenvalue weighted by molar-refractivity contribution is 0.282. The predicted molar refractivity (Wildman–Crippen MR) is 176 cm³/mol. The second kappa shape index (κ2) is 13.9. The number of benzene rings is 4. The molecular formula is C34H25BrCl2N2O5. The molecule has 5 rings (SSSR count). The Bertz CT molecular complexity index is 1860. The predicted octanol–water partition coefficient (Wildman–Crippen LogP) is 9.91. The van der Waals surface area contributed by atoms with Crippen molar-refractivity contribution in [3.63, 3.8) is 0 Å². The molecule has 0 atom stereocenters. The quantitative estimate of drug-likeness (QED) is 0.136. The molecule has 0 spiro atoms. The van der Waals surface area contributed by atoms with Crippen LogP contribution in [-0.2, 0) is 6.61 Å². The van der Waals surface area contributed by atoms with Crippen LogP contribution in [0.2, 0.25) is 10.0 Å². The van der Waals surface area contributed by atoms with Crippen LogP contribution in [-0.4, -0.2) is 27.5 Å². The topological polar surface area (TPSA) is 86.2 Å². The minimum absolute atomic E-state index is 0.164. The van der Waals surface area contributed by atoms with Gasteiger partial charge in [0, 0.05) is 33.0 Å². The van der Waals surface area contributed by atoms with E-state index < -0.39 is 0 Å². The number of hydrogen-bond donors (Lipinski definition) is 0. The molecule has 10 heteroatoms. The van der Waals surface area contributed by atoms with Crippen LogP contribution in [0.1, 0.15) is 16.7 Å². The number of aliphatic imine (C=N–C) groups is 1. The third-order valence-electron chi connectivity index (χ3n) is 6.70. The zero-order valence-electron chi connectivity index (χ0n) is 23.9. The van der Waals surface area contributed by atoms with E-state index in [-0.39, 0.29) is 12.5 Å². The summed E-state index contributed by atoms with van der Waals surface area (Å²) in [5, 5.41) is 11.3. The van der Waals surface area contributed by atoms with Gasteiger partial charge < -0.3 is 23.4 Å². The first-order chi connectivity index (χ1) is 21.3. The summed E-state index contributed by atoms with van der Waals surface area (Å²) in [6, 6.07) is 25.9. The van der Waals surface area contributed by atoms with E-state index in [1.807, 2.05) is 60.7 Å². The fraction of sp³-hybridized carbons (Fsp3) is 0.118. The Kier molecular flexibility index (Phi) is 9.81. The average molecular weight is 692 g/mol. The molecule has 0 N–H and O–H groups in total. The molecule has 222 valence electrons. The molecule has 0 saturated carbocycles. The lowest BCUT2D eigenvalue weighted by atomic mass is 9.98. The van der Waals surface area contributed by atoms with E-state index in [0.29, 0.717) is 60.0 Å². The number of ether oxygens (including phenoxy) is 4. The lowest BCUT2D eigenvalue weighted by Gasteiger charge is -2.14. The molecule has 0 unspecified atom stereocenters. The molecule has 7 nitrogen and oxygen atoms in total. The minimum atomic E-state index is 0.164. The van der Waals surface area contributed by atoms with E-state index in [9.17, 15) is 5.26 Å². The van der Waals surface area contributed by atoms with Crippen molar-refractivity contribution in [1.29, 1.82) is 5.26 Å². The summed E-state index contributed by atoms with van der Waals surface area (Å²) in [6.07, 6.45) is 1.60. The van der Waals surface area contributed by atoms with Crippen molar-refractivity contribution < 1.29 is 23.4 Å². The molecule has 1 heterocycles. The molecule has 4 aromatic carbocycles. The standard InChI is InChI=1S/C34H25BrCl2N2O5/c1-40-25-10-5-21(6-11-25)31-27(17-38)34(44-32(31)22-7-12-26(41-2)13-8-22)39-18-20-14-28(35)33(30(15-20)42-3)43-19-23-4-9-24(36)16-29(23)37/h4-16,18H,19H2,1-3H3. The Morgan fingerprint density at radius 2 is 1.52 bits per heavy atom. The molecule has 0 bridgehead atoms. The van der Waals surface area contributed by atoms with Gasteiger partial charge in [-0.25, -0.2) is 4.99 Å². The van der Waals surface area contributed by atoms with Crippen LogP contribution < -0.4 is 18.9 Å². The first-order valence-corrected chi connectivity index (χ1v) is 14.7. The highest BCUT2D eigenvalue weighted by atomic mass is 79.9. The Labute approximate surface area is 273 Å². The van der Waals surface area contributed by atoms with E-state index in [2.05, 4.69) is 27.0 Å². The van der Waals surface area contributed by atoms with Gasteiger partial charge in [0.05, 0.1) is 25.8 Å². The molecule has 44 heavy (non-hydrogen) atoms. The SMILES string of the molecule is COc1ccc(-c2oc(N=Cc3cc(Br)c(OCc4ccc(Cl)cc4Cl)c(OC)c3)c(C#N)c2-c2ccc(OC)cc2)cc1. The van der Waals surface area contributed by atoms with Gasteiger partial charge in [-0.1, -0.05) is 41.4 Å². The molecule has 0 aliphatic carbocycles. The molecule has 0 amide bonds. The van der Waals surface area contributed by atoms with Gasteiger partial charge in [0.15, 0.2) is 11.5 Å². The Balaban J connectivity index is 1.51. The summed E-state index contributed by atoms with van der Waals surface area (Å²) in [7, 11) is 4.75. The van der Waals surface area contributed by atoms with Crippen molar-refractivity contribution in [1.82, 2.24) is 0 Å². The third kappa shape index (κ3) is 6.71. The maximum Gasteiger partial charge on any atom is 0.238 e. The lowest BCUT2D eigenvalue weighted by Crippen LogP contribution is -2.00. The van der Waals surface area contributed by atoms with E-state index in [4.69, 9.17) is 46.6 Å². The number of methoxy groups -OCH3 is 3. The van der Waals surface area contributed by atoms with Crippen LogP contribution in [0.25, 0.3) is 22.5 Å². The van der Waals surface area contributed by atoms with Crippen molar-refractivity contribution in [3.8, 4) is 51.5 Å². The van der Waals surface area contributed by atoms with Crippen LogP contribution in [0.5, 0.6) is 23.0 Å². The van der Waals surface area contributed by atoms with Gasteiger partial charge in [-0.15, -0.1) is 0 Å². The van der Waals surface area contributed by atoms with Crippen molar-refractivity contribution in [2.24, 2.45) is 4.99 Å². The number of halogens is 3. The van der Waals surface area contributed by atoms with Gasteiger partial charge in [0.25, 0.3) is 0 Å². The normalized spacial score (nSPS) is 10.9. The van der Waals surface area contributed by atoms with E-state index in [1.165, 1.54) is 0 Å². The van der Waals surface area contributed by atoms with E-state index in [1.54, 1.807) is 45.7 Å². The summed E-state index contributed by atoms with van der Waals surface area (Å²) in [5.41, 5.74) is 3.92. The first-order valence-electron chi connectivity index (χ1n) is 13.2. The summed E-state index contributed by atoms with van der Waals surface area (Å²) >= 11 is 15.9. The summed E-state index contributed by atoms with van der Waals surface area (Å²) < 4.78 is 29.2. The molecular weight excluding hydrogens is 667 g/mol. The molecule has 0 aliphatic heterocycles. The maximum atomic E-state index is 10.3. The molecule has 0 saturated heterocycles. The number of rotatable bonds is 10. The Morgan fingerprint density at radius 3 is 2.11 bits per heavy atom. The highest BCUT2D eigenvalue weighted by Crippen LogP contribution is 2.43. The fourth-order valence-electron chi connectivity index (χ4n) is 4.47. The Hall–Kier alpha value is -4.42. The van der Waals surface area contributed by atoms with Crippen molar-refractivity contribution in [3.05, 3.63) is 110 Å². The molecule has 5 aromatic rings. The minimum Gasteiger partial charge on any atom is -0.497 e. The fourth-order valence-corrected chi connectivity index (χ4v) is 5.51. The molecule has 0 fully saturated rings. The zero-order chi connectivity index (χ0) is 31.2. The average Bonchev–Trinajstić information content (AvgIpc) is 3.42. The van der Waals surface area contributed by atoms with Gasteiger partial charge in [0.1, 0.15) is 35.5 Å². The monoisotopic (exact) mass is 690 g/mol. The van der Waals surface area contributed by atoms with Gasteiger partial charge in [-0.3, -0.25) is 0 Å². The Morgan fingerprint density at radius 1 is 0.864 bits per heavy atom. The van der Waals surface area contributed by atoms with Crippen LogP contribution in [0, 0.1) is 11.3 Å². The highest BCUT2D eigenvalue weighted by Gasteiger charge is 2.23. The second-order valence-corrected chi connectivity index (χ2v) is 11.1. The molecule has 1 aromatic heterocycles. The smallest absolute Gasteiger partial charge is 0.238 e. The summed E-state index contributed by atoms with van der Waals surface area (Å²) in [4.78, 5) is 4.60. The number of furan rings is 1. The summed E-state index contributed by atoms with van der Waals surface area (Å²) in [5.74, 6) is 3.04. The van der Waals surface area contributed by atoms with Gasteiger partial charge in [-0.2, -0.15) is 5.26 Å². The van der Waals surface area contributed by atoms with Gasteiger partial charge in [0.2, 0.25) is 5.88 Å². The maximum absolute atomic E-state index is 10.3. The summed E-state index contributed by atoms with van der Waals surface area (Å²) in [6.45, 7) is 0.207. The highest BCUT2D eigenvalue weighted by molar-refractivity contribution is 9.10. The van der Waals surface area contributed by atoms with Crippen LogP contribution in [0.3, 0.4) is 0 Å². The van der Waals surface area contributed by atoms with E-state index >= 15 is 0 Å². The van der Waals surface area contributed by atoms with Crippen LogP contribution in [0.15, 0.2) is 92.7 Å². The van der Waals surface area contributed by atoms with Gasteiger partial charge >= 0.3 is 0 Å².